The molecule has 0 aliphatic rings. The fourth-order valence-corrected chi connectivity index (χ4v) is 7.06. The normalized spacial score (nSPS) is 12.1. The number of rotatable bonds is 2. The van der Waals surface area contributed by atoms with Crippen molar-refractivity contribution < 1.29 is 4.42 Å². The first kappa shape index (κ1) is 21.1. The van der Waals surface area contributed by atoms with Gasteiger partial charge in [0.25, 0.3) is 0 Å². The van der Waals surface area contributed by atoms with Crippen LogP contribution in [0.5, 0.6) is 0 Å². The van der Waals surface area contributed by atoms with E-state index in [9.17, 15) is 0 Å². The van der Waals surface area contributed by atoms with Crippen LogP contribution in [0.25, 0.3) is 81.0 Å². The lowest BCUT2D eigenvalue weighted by atomic mass is 10.1. The first-order valence-electron chi connectivity index (χ1n) is 13.1. The smallest absolute Gasteiger partial charge is 0.137 e. The van der Waals surface area contributed by atoms with Crippen LogP contribution in [0.1, 0.15) is 0 Å². The highest BCUT2D eigenvalue weighted by Gasteiger charge is 2.17. The Labute approximate surface area is 227 Å². The van der Waals surface area contributed by atoms with E-state index in [1.54, 1.807) is 11.3 Å². The highest BCUT2D eigenvalue weighted by Crippen LogP contribution is 2.40. The van der Waals surface area contributed by atoms with E-state index in [0.717, 1.165) is 43.7 Å². The van der Waals surface area contributed by atoms with Crippen LogP contribution in [0.15, 0.2) is 126 Å². The van der Waals surface area contributed by atoms with E-state index < -0.39 is 0 Å². The zero-order valence-corrected chi connectivity index (χ0v) is 21.6. The van der Waals surface area contributed by atoms with Crippen molar-refractivity contribution in [2.24, 2.45) is 0 Å². The van der Waals surface area contributed by atoms with E-state index in [1.807, 2.05) is 12.1 Å². The summed E-state index contributed by atoms with van der Waals surface area (Å²) in [4.78, 5) is 5.12. The van der Waals surface area contributed by atoms with E-state index in [2.05, 4.69) is 114 Å². The minimum Gasteiger partial charge on any atom is -0.456 e. The van der Waals surface area contributed by atoms with Crippen LogP contribution in [-0.4, -0.2) is 9.55 Å². The van der Waals surface area contributed by atoms with E-state index in [1.165, 1.54) is 37.3 Å². The largest absolute Gasteiger partial charge is 0.456 e. The van der Waals surface area contributed by atoms with Crippen LogP contribution >= 0.6 is 11.3 Å². The maximum absolute atomic E-state index is 6.10. The van der Waals surface area contributed by atoms with E-state index in [-0.39, 0.29) is 0 Å². The standard InChI is InChI=1S/C35H20N2OS/c1-2-8-24-21(7-1)15-18-26-25-9-3-5-11-28(25)37(34(24)26)23-16-13-22(14-17-23)35-36-33-31(39-35)20-19-30-32(33)27-10-4-6-12-29(27)38-30/h1-20H. The van der Waals surface area contributed by atoms with Crippen molar-refractivity contribution in [3.05, 3.63) is 121 Å². The third-order valence-electron chi connectivity index (χ3n) is 7.83. The van der Waals surface area contributed by atoms with Gasteiger partial charge in [0.15, 0.2) is 0 Å². The summed E-state index contributed by atoms with van der Waals surface area (Å²) in [6.45, 7) is 0. The quantitative estimate of drug-likeness (QED) is 0.229. The summed E-state index contributed by atoms with van der Waals surface area (Å²) in [5, 5.41) is 8.28. The number of thiazole rings is 1. The molecule has 0 saturated carbocycles. The van der Waals surface area contributed by atoms with Gasteiger partial charge in [0.2, 0.25) is 0 Å². The fourth-order valence-electron chi connectivity index (χ4n) is 6.08. The van der Waals surface area contributed by atoms with Crippen molar-refractivity contribution in [3.8, 4) is 16.3 Å². The molecule has 0 fully saturated rings. The second-order valence-electron chi connectivity index (χ2n) is 9.98. The molecule has 0 radical (unpaired) electrons. The third-order valence-corrected chi connectivity index (χ3v) is 8.90. The minimum absolute atomic E-state index is 0.884. The van der Waals surface area contributed by atoms with Gasteiger partial charge in [-0.25, -0.2) is 4.98 Å². The van der Waals surface area contributed by atoms with Gasteiger partial charge in [-0.15, -0.1) is 11.3 Å². The van der Waals surface area contributed by atoms with Gasteiger partial charge in [-0.1, -0.05) is 72.8 Å². The Morgan fingerprint density at radius 3 is 2.26 bits per heavy atom. The zero-order valence-electron chi connectivity index (χ0n) is 20.8. The van der Waals surface area contributed by atoms with Crippen molar-refractivity contribution in [1.82, 2.24) is 9.55 Å². The molecule has 0 atom stereocenters. The molecular weight excluding hydrogens is 496 g/mol. The Hall–Kier alpha value is -4.93. The van der Waals surface area contributed by atoms with Crippen LogP contribution in [0.3, 0.4) is 0 Å². The minimum atomic E-state index is 0.884. The molecule has 0 unspecified atom stereocenters. The molecule has 182 valence electrons. The molecule has 0 saturated heterocycles. The topological polar surface area (TPSA) is 31.0 Å². The van der Waals surface area contributed by atoms with E-state index in [0.29, 0.717) is 0 Å². The number of hydrogen-bond acceptors (Lipinski definition) is 3. The number of hydrogen-bond donors (Lipinski definition) is 0. The van der Waals surface area contributed by atoms with Gasteiger partial charge in [-0.2, -0.15) is 0 Å². The number of nitrogens with zero attached hydrogens (tertiary/aromatic N) is 2. The van der Waals surface area contributed by atoms with Crippen molar-refractivity contribution in [1.29, 1.82) is 0 Å². The second kappa shape index (κ2) is 7.79. The summed E-state index contributed by atoms with van der Waals surface area (Å²) in [6.07, 6.45) is 0. The summed E-state index contributed by atoms with van der Waals surface area (Å²) in [5.74, 6) is 0. The molecule has 6 aromatic carbocycles. The van der Waals surface area contributed by atoms with Crippen LogP contribution in [0, 0.1) is 0 Å². The molecular formula is C35H20N2OS. The van der Waals surface area contributed by atoms with Gasteiger partial charge in [0.1, 0.15) is 16.2 Å². The predicted molar refractivity (Wildman–Crippen MR) is 164 cm³/mol. The Morgan fingerprint density at radius 2 is 1.36 bits per heavy atom. The molecule has 9 aromatic rings. The summed E-state index contributed by atoms with van der Waals surface area (Å²) < 4.78 is 9.66. The van der Waals surface area contributed by atoms with Gasteiger partial charge < -0.3 is 8.98 Å². The van der Waals surface area contributed by atoms with Crippen molar-refractivity contribution >= 4 is 76.1 Å². The van der Waals surface area contributed by atoms with Crippen molar-refractivity contribution in [2.45, 2.75) is 0 Å². The Morgan fingerprint density at radius 1 is 0.590 bits per heavy atom. The zero-order chi connectivity index (χ0) is 25.5. The lowest BCUT2D eigenvalue weighted by Gasteiger charge is -2.10. The summed E-state index contributed by atoms with van der Waals surface area (Å²) in [6, 6.07) is 43.0. The average Bonchev–Trinajstić information content (AvgIpc) is 3.68. The molecule has 0 spiro atoms. The number of furan rings is 1. The molecule has 0 aliphatic carbocycles. The first-order valence-corrected chi connectivity index (χ1v) is 13.9. The molecule has 4 heteroatoms. The average molecular weight is 517 g/mol. The van der Waals surface area contributed by atoms with E-state index in [4.69, 9.17) is 9.40 Å². The Balaban J connectivity index is 1.24. The first-order chi connectivity index (χ1) is 19.3. The molecule has 0 aliphatic heterocycles. The Bertz CT molecular complexity index is 2390. The van der Waals surface area contributed by atoms with E-state index >= 15 is 0 Å². The molecule has 0 bridgehead atoms. The van der Waals surface area contributed by atoms with Crippen LogP contribution < -0.4 is 0 Å². The number of benzene rings is 6. The summed E-state index contributed by atoms with van der Waals surface area (Å²) in [7, 11) is 0. The van der Waals surface area contributed by atoms with Crippen LogP contribution in [0.4, 0.5) is 0 Å². The van der Waals surface area contributed by atoms with Gasteiger partial charge in [-0.3, -0.25) is 0 Å². The van der Waals surface area contributed by atoms with Gasteiger partial charge >= 0.3 is 0 Å². The monoisotopic (exact) mass is 516 g/mol. The molecule has 0 N–H and O–H groups in total. The highest BCUT2D eigenvalue weighted by molar-refractivity contribution is 7.21. The second-order valence-corrected chi connectivity index (χ2v) is 11.0. The third kappa shape index (κ3) is 2.95. The maximum Gasteiger partial charge on any atom is 0.137 e. The number of fused-ring (bicyclic) bond motifs is 10. The number of aromatic nitrogens is 2. The van der Waals surface area contributed by atoms with Gasteiger partial charge in [-0.05, 0) is 53.9 Å². The summed E-state index contributed by atoms with van der Waals surface area (Å²) in [5.41, 5.74) is 7.52. The van der Waals surface area contributed by atoms with Gasteiger partial charge in [0.05, 0.1) is 26.6 Å². The Kier molecular flexibility index (Phi) is 4.21. The molecule has 9 rings (SSSR count). The highest BCUT2D eigenvalue weighted by atomic mass is 32.1. The lowest BCUT2D eigenvalue weighted by molar-refractivity contribution is 0.669. The molecule has 3 heterocycles. The molecule has 3 aromatic heterocycles. The van der Waals surface area contributed by atoms with Crippen molar-refractivity contribution in [2.75, 3.05) is 0 Å². The fraction of sp³-hybridized carbons (Fsp3) is 0. The lowest BCUT2D eigenvalue weighted by Crippen LogP contribution is -1.94. The summed E-state index contributed by atoms with van der Waals surface area (Å²) >= 11 is 1.73. The van der Waals surface area contributed by atoms with Gasteiger partial charge in [0, 0.05) is 32.8 Å². The SMILES string of the molecule is c1ccc2c(c1)ccc1c3ccccc3n(-c3ccc(-c4nc5c(ccc6oc7ccccc7c65)s4)cc3)c21. The predicted octanol–water partition coefficient (Wildman–Crippen LogP) is 10.1. The molecule has 0 amide bonds. The maximum atomic E-state index is 6.10. The van der Waals surface area contributed by atoms with Crippen LogP contribution in [0.2, 0.25) is 0 Å². The molecule has 3 nitrogen and oxygen atoms in total. The molecule has 39 heavy (non-hydrogen) atoms. The van der Waals surface area contributed by atoms with Crippen LogP contribution in [-0.2, 0) is 0 Å². The van der Waals surface area contributed by atoms with Crippen molar-refractivity contribution in [3.63, 3.8) is 0 Å². The number of para-hydroxylation sites is 2.